The molecule has 3 heterocycles. The van der Waals surface area contributed by atoms with E-state index < -0.39 is 5.92 Å². The van der Waals surface area contributed by atoms with E-state index in [0.717, 1.165) is 22.2 Å². The average molecular weight is 370 g/mol. The zero-order valence-electron chi connectivity index (χ0n) is 15.0. The Labute approximate surface area is 155 Å². The fourth-order valence-corrected chi connectivity index (χ4v) is 3.55. The molecule has 1 saturated carbocycles. The van der Waals surface area contributed by atoms with E-state index in [2.05, 4.69) is 15.1 Å². The van der Waals surface area contributed by atoms with Crippen LogP contribution in [0.3, 0.4) is 0 Å². The molecule has 0 atom stereocenters. The van der Waals surface area contributed by atoms with Crippen LogP contribution in [-0.2, 0) is 18.3 Å². The molecule has 0 saturated heterocycles. The van der Waals surface area contributed by atoms with Gasteiger partial charge in [0.05, 0.1) is 17.4 Å². The van der Waals surface area contributed by atoms with E-state index in [1.165, 1.54) is 0 Å². The number of alkyl halides is 2. The molecule has 0 amide bonds. The Morgan fingerprint density at radius 2 is 2.04 bits per heavy atom. The van der Waals surface area contributed by atoms with Crippen LogP contribution < -0.4 is 0 Å². The highest BCUT2D eigenvalue weighted by molar-refractivity contribution is 5.85. The molecule has 5 nitrogen and oxygen atoms in total. The van der Waals surface area contributed by atoms with E-state index >= 15 is 0 Å². The van der Waals surface area contributed by atoms with Gasteiger partial charge >= 0.3 is 0 Å². The van der Waals surface area contributed by atoms with Crippen molar-refractivity contribution in [2.75, 3.05) is 0 Å². The van der Waals surface area contributed by atoms with E-state index in [-0.39, 0.29) is 43.8 Å². The predicted octanol–water partition coefficient (Wildman–Crippen LogP) is 3.97. The third kappa shape index (κ3) is 3.86. The van der Waals surface area contributed by atoms with Gasteiger partial charge in [0.1, 0.15) is 5.78 Å². The van der Waals surface area contributed by atoms with Gasteiger partial charge < -0.3 is 0 Å². The quantitative estimate of drug-likeness (QED) is 0.697. The number of aromatic nitrogens is 4. The van der Waals surface area contributed by atoms with E-state index in [4.69, 9.17) is 0 Å². The Morgan fingerprint density at radius 3 is 2.74 bits per heavy atom. The first kappa shape index (κ1) is 17.7. The van der Waals surface area contributed by atoms with Gasteiger partial charge in [0.2, 0.25) is 5.92 Å². The number of halogens is 2. The van der Waals surface area contributed by atoms with Gasteiger partial charge in [-0.05, 0) is 31.0 Å². The fourth-order valence-electron chi connectivity index (χ4n) is 3.55. The predicted molar refractivity (Wildman–Crippen MR) is 97.4 cm³/mol. The first-order valence-corrected chi connectivity index (χ1v) is 9.05. The summed E-state index contributed by atoms with van der Waals surface area (Å²) in [5.41, 5.74) is 3.09. The van der Waals surface area contributed by atoms with Crippen LogP contribution >= 0.6 is 0 Å². The number of hydrogen-bond donors (Lipinski definition) is 0. The zero-order chi connectivity index (χ0) is 19.0. The molecular formula is C20H20F2N4O. The first-order chi connectivity index (χ1) is 12.9. The van der Waals surface area contributed by atoms with Crippen LogP contribution in [0.5, 0.6) is 0 Å². The molecule has 7 heteroatoms. The maximum absolute atomic E-state index is 13.3. The molecule has 1 aliphatic carbocycles. The van der Waals surface area contributed by atoms with Crippen molar-refractivity contribution in [1.29, 1.82) is 0 Å². The van der Waals surface area contributed by atoms with Crippen LogP contribution in [0, 0.1) is 5.92 Å². The van der Waals surface area contributed by atoms with Gasteiger partial charge in [0.15, 0.2) is 0 Å². The number of fused-ring (bicyclic) bond motifs is 1. The summed E-state index contributed by atoms with van der Waals surface area (Å²) >= 11 is 0. The van der Waals surface area contributed by atoms with Crippen LogP contribution in [0.1, 0.15) is 31.4 Å². The van der Waals surface area contributed by atoms with E-state index in [1.54, 1.807) is 17.1 Å². The Morgan fingerprint density at radius 1 is 1.26 bits per heavy atom. The van der Waals surface area contributed by atoms with Gasteiger partial charge in [-0.1, -0.05) is 0 Å². The second-order valence-electron chi connectivity index (χ2n) is 7.24. The number of pyridine rings is 2. The SMILES string of the molecule is Cn1cc(-c2ccc3cnc(CC(=O)C4CCC(F)(F)CC4)cc3n2)cn1. The molecule has 0 spiro atoms. The molecule has 3 aromatic rings. The minimum absolute atomic E-state index is 0.0132. The maximum Gasteiger partial charge on any atom is 0.248 e. The molecule has 27 heavy (non-hydrogen) atoms. The number of nitrogens with zero attached hydrogens (tertiary/aromatic N) is 4. The molecule has 3 aromatic heterocycles. The smallest absolute Gasteiger partial charge is 0.248 e. The Bertz CT molecular complexity index is 989. The summed E-state index contributed by atoms with van der Waals surface area (Å²) in [7, 11) is 1.85. The number of carbonyl (C=O) groups excluding carboxylic acids is 1. The number of carbonyl (C=O) groups is 1. The monoisotopic (exact) mass is 370 g/mol. The Hall–Kier alpha value is -2.70. The summed E-state index contributed by atoms with van der Waals surface area (Å²) in [4.78, 5) is 21.5. The number of rotatable bonds is 4. The average Bonchev–Trinajstić information content (AvgIpc) is 3.07. The van der Waals surface area contributed by atoms with Crippen LogP contribution in [-0.4, -0.2) is 31.5 Å². The highest BCUT2D eigenvalue weighted by atomic mass is 19.3. The molecule has 0 radical (unpaired) electrons. The molecule has 0 N–H and O–H groups in total. The lowest BCUT2D eigenvalue weighted by atomic mass is 9.83. The maximum atomic E-state index is 13.3. The third-order valence-corrected chi connectivity index (χ3v) is 5.16. The molecule has 0 bridgehead atoms. The molecule has 4 rings (SSSR count). The highest BCUT2D eigenvalue weighted by Crippen LogP contribution is 2.36. The Balaban J connectivity index is 1.53. The van der Waals surface area contributed by atoms with Crippen molar-refractivity contribution in [3.8, 4) is 11.3 Å². The lowest BCUT2D eigenvalue weighted by Crippen LogP contribution is -2.29. The van der Waals surface area contributed by atoms with Crippen molar-refractivity contribution in [2.24, 2.45) is 13.0 Å². The Kier molecular flexibility index (Phi) is 4.45. The van der Waals surface area contributed by atoms with Gasteiger partial charge in [-0.25, -0.2) is 13.8 Å². The van der Waals surface area contributed by atoms with Gasteiger partial charge in [-0.3, -0.25) is 14.5 Å². The van der Waals surface area contributed by atoms with Crippen LogP contribution in [0.2, 0.25) is 0 Å². The lowest BCUT2D eigenvalue weighted by Gasteiger charge is -2.27. The number of hydrogen-bond acceptors (Lipinski definition) is 4. The van der Waals surface area contributed by atoms with Crippen molar-refractivity contribution in [2.45, 2.75) is 38.0 Å². The third-order valence-electron chi connectivity index (χ3n) is 5.16. The molecule has 140 valence electrons. The molecular weight excluding hydrogens is 350 g/mol. The summed E-state index contributed by atoms with van der Waals surface area (Å²) in [6.07, 6.45) is 5.59. The summed E-state index contributed by atoms with van der Waals surface area (Å²) in [6, 6.07) is 5.66. The fraction of sp³-hybridized carbons (Fsp3) is 0.400. The minimum atomic E-state index is -2.62. The molecule has 1 fully saturated rings. The second kappa shape index (κ2) is 6.79. The molecule has 0 aliphatic heterocycles. The zero-order valence-corrected chi connectivity index (χ0v) is 15.0. The van der Waals surface area contributed by atoms with Crippen molar-refractivity contribution in [3.05, 3.63) is 42.5 Å². The summed E-state index contributed by atoms with van der Waals surface area (Å²) < 4.78 is 28.3. The van der Waals surface area contributed by atoms with Crippen molar-refractivity contribution in [3.63, 3.8) is 0 Å². The second-order valence-corrected chi connectivity index (χ2v) is 7.24. The van der Waals surface area contributed by atoms with Crippen LogP contribution in [0.25, 0.3) is 22.2 Å². The van der Waals surface area contributed by atoms with Crippen LogP contribution in [0.4, 0.5) is 8.78 Å². The number of ketones is 1. The minimum Gasteiger partial charge on any atom is -0.299 e. The van der Waals surface area contributed by atoms with E-state index in [0.29, 0.717) is 5.69 Å². The summed E-state index contributed by atoms with van der Waals surface area (Å²) in [5, 5.41) is 5.04. The van der Waals surface area contributed by atoms with Gasteiger partial charge in [-0.2, -0.15) is 5.10 Å². The molecule has 0 unspecified atom stereocenters. The van der Waals surface area contributed by atoms with Crippen molar-refractivity contribution >= 4 is 16.7 Å². The summed E-state index contributed by atoms with van der Waals surface area (Å²) in [6.45, 7) is 0. The highest BCUT2D eigenvalue weighted by Gasteiger charge is 2.37. The standard InChI is InChI=1S/C20H20F2N4O/c1-26-12-15(11-24-26)17-3-2-14-10-23-16(8-18(14)25-17)9-19(27)13-4-6-20(21,22)7-5-13/h2-3,8,10-13H,4-7,9H2,1H3. The first-order valence-electron chi connectivity index (χ1n) is 9.05. The number of Topliss-reactive ketones (excluding diaryl/α,β-unsaturated/α-hetero) is 1. The van der Waals surface area contributed by atoms with E-state index in [9.17, 15) is 13.6 Å². The molecule has 1 aliphatic rings. The lowest BCUT2D eigenvalue weighted by molar-refractivity contribution is -0.126. The molecule has 0 aromatic carbocycles. The summed E-state index contributed by atoms with van der Waals surface area (Å²) in [5.74, 6) is -2.93. The van der Waals surface area contributed by atoms with Gasteiger partial charge in [-0.15, -0.1) is 0 Å². The van der Waals surface area contributed by atoms with Crippen molar-refractivity contribution in [1.82, 2.24) is 19.7 Å². The van der Waals surface area contributed by atoms with Gasteiger partial charge in [0, 0.05) is 61.3 Å². The van der Waals surface area contributed by atoms with E-state index in [1.807, 2.05) is 31.4 Å². The van der Waals surface area contributed by atoms with Crippen molar-refractivity contribution < 1.29 is 13.6 Å². The normalized spacial score (nSPS) is 17.3. The van der Waals surface area contributed by atoms with Gasteiger partial charge in [0.25, 0.3) is 0 Å². The largest absolute Gasteiger partial charge is 0.299 e. The topological polar surface area (TPSA) is 60.7 Å². The van der Waals surface area contributed by atoms with Crippen LogP contribution in [0.15, 0.2) is 36.8 Å². The number of aryl methyl sites for hydroxylation is 1.